The molecule has 2 fully saturated rings. The molecular weight excluding hydrogens is 371 g/mol. The quantitative estimate of drug-likeness (QED) is 0.396. The molecule has 2 aromatic rings. The number of fused-ring (bicyclic) bond motifs is 2. The van der Waals surface area contributed by atoms with Gasteiger partial charge in [-0.05, 0) is 84.2 Å². The molecule has 0 bridgehead atoms. The van der Waals surface area contributed by atoms with Crippen LogP contribution in [-0.4, -0.2) is 7.11 Å². The molecule has 0 saturated heterocycles. The van der Waals surface area contributed by atoms with Crippen LogP contribution < -0.4 is 4.74 Å². The Morgan fingerprint density at radius 2 is 1.67 bits per heavy atom. The van der Waals surface area contributed by atoms with E-state index in [4.69, 9.17) is 4.74 Å². The van der Waals surface area contributed by atoms with Crippen LogP contribution in [0.5, 0.6) is 5.75 Å². The number of unbranched alkanes of at least 4 members (excludes halogenated alkanes) is 4. The Morgan fingerprint density at radius 3 is 2.50 bits per heavy atom. The summed E-state index contributed by atoms with van der Waals surface area (Å²) in [4.78, 5) is 0. The normalized spacial score (nSPS) is 26.5. The minimum Gasteiger partial charge on any atom is -0.494 e. The third-order valence-corrected chi connectivity index (χ3v) is 8.04. The first-order chi connectivity index (χ1) is 14.7. The van der Waals surface area contributed by atoms with Crippen molar-refractivity contribution in [2.75, 3.05) is 7.11 Å². The highest BCUT2D eigenvalue weighted by atomic mass is 19.1. The zero-order valence-corrected chi connectivity index (χ0v) is 19.0. The lowest BCUT2D eigenvalue weighted by Gasteiger charge is -2.42. The fraction of sp³-hybridized carbons (Fsp3) is 0.643. The predicted molar refractivity (Wildman–Crippen MR) is 125 cm³/mol. The summed E-state index contributed by atoms with van der Waals surface area (Å²) in [7, 11) is 1.53. The molecule has 2 saturated carbocycles. The molecular formula is C28H39FO. The maximum Gasteiger partial charge on any atom is 0.165 e. The summed E-state index contributed by atoms with van der Waals surface area (Å²) < 4.78 is 19.3. The Hall–Kier alpha value is -1.57. The molecule has 2 unspecified atom stereocenters. The number of halogens is 1. The molecule has 4 atom stereocenters. The molecule has 0 N–H and O–H groups in total. The van der Waals surface area contributed by atoms with Gasteiger partial charge in [0.15, 0.2) is 11.6 Å². The SMILES string of the molecule is CCCCCCCC1CCC2C[C@H](c3ccc4cc(OC)c(F)cc4c3)CC[C@@H]2C1. The number of rotatable bonds is 8. The number of hydrogen-bond acceptors (Lipinski definition) is 1. The molecule has 2 aliphatic rings. The van der Waals surface area contributed by atoms with Gasteiger partial charge in [-0.3, -0.25) is 0 Å². The van der Waals surface area contributed by atoms with Crippen LogP contribution in [0, 0.1) is 23.6 Å². The van der Waals surface area contributed by atoms with E-state index >= 15 is 0 Å². The molecule has 0 spiro atoms. The van der Waals surface area contributed by atoms with Crippen LogP contribution in [0.3, 0.4) is 0 Å². The fourth-order valence-electron chi connectivity index (χ4n) is 6.27. The second kappa shape index (κ2) is 10.2. The van der Waals surface area contributed by atoms with Crippen molar-refractivity contribution in [2.24, 2.45) is 17.8 Å². The van der Waals surface area contributed by atoms with Crippen LogP contribution >= 0.6 is 0 Å². The predicted octanol–water partition coefficient (Wildman–Crippen LogP) is 8.65. The van der Waals surface area contributed by atoms with Gasteiger partial charge in [0, 0.05) is 0 Å². The molecule has 0 heterocycles. The van der Waals surface area contributed by atoms with Crippen molar-refractivity contribution in [1.82, 2.24) is 0 Å². The largest absolute Gasteiger partial charge is 0.494 e. The second-order valence-corrected chi connectivity index (χ2v) is 10.0. The summed E-state index contributed by atoms with van der Waals surface area (Å²) in [5.74, 6) is 3.56. The van der Waals surface area contributed by atoms with Gasteiger partial charge in [0.2, 0.25) is 0 Å². The first-order valence-electron chi connectivity index (χ1n) is 12.4. The molecule has 164 valence electrons. The number of hydrogen-bond donors (Lipinski definition) is 0. The van der Waals surface area contributed by atoms with E-state index in [1.807, 2.05) is 6.07 Å². The van der Waals surface area contributed by atoms with Crippen LogP contribution in [0.1, 0.15) is 95.5 Å². The topological polar surface area (TPSA) is 9.23 Å². The van der Waals surface area contributed by atoms with E-state index in [0.717, 1.165) is 28.5 Å². The summed E-state index contributed by atoms with van der Waals surface area (Å²) in [5.41, 5.74) is 1.41. The van der Waals surface area contributed by atoms with Crippen molar-refractivity contribution in [3.05, 3.63) is 41.7 Å². The van der Waals surface area contributed by atoms with Crippen LogP contribution in [0.2, 0.25) is 0 Å². The van der Waals surface area contributed by atoms with Crippen molar-refractivity contribution < 1.29 is 9.13 Å². The molecule has 0 radical (unpaired) electrons. The van der Waals surface area contributed by atoms with Gasteiger partial charge in [0.05, 0.1) is 7.11 Å². The summed E-state index contributed by atoms with van der Waals surface area (Å²) in [6.07, 6.45) is 16.9. The highest BCUT2D eigenvalue weighted by molar-refractivity contribution is 5.84. The molecule has 1 nitrogen and oxygen atoms in total. The van der Waals surface area contributed by atoms with Gasteiger partial charge in [-0.15, -0.1) is 0 Å². The van der Waals surface area contributed by atoms with Gasteiger partial charge in [0.25, 0.3) is 0 Å². The summed E-state index contributed by atoms with van der Waals surface area (Å²) in [6, 6.07) is 10.1. The second-order valence-electron chi connectivity index (χ2n) is 10.0. The summed E-state index contributed by atoms with van der Waals surface area (Å²) in [6.45, 7) is 2.30. The molecule has 0 amide bonds. The van der Waals surface area contributed by atoms with E-state index in [2.05, 4.69) is 25.1 Å². The number of benzene rings is 2. The lowest BCUT2D eigenvalue weighted by molar-refractivity contribution is 0.113. The van der Waals surface area contributed by atoms with Crippen LogP contribution in [-0.2, 0) is 0 Å². The van der Waals surface area contributed by atoms with E-state index < -0.39 is 0 Å². The zero-order valence-electron chi connectivity index (χ0n) is 19.0. The Morgan fingerprint density at radius 1 is 0.867 bits per heavy atom. The van der Waals surface area contributed by atoms with Gasteiger partial charge in [-0.1, -0.05) is 70.1 Å². The van der Waals surface area contributed by atoms with Crippen LogP contribution in [0.25, 0.3) is 10.8 Å². The first-order valence-corrected chi connectivity index (χ1v) is 12.4. The average Bonchev–Trinajstić information content (AvgIpc) is 2.77. The monoisotopic (exact) mass is 410 g/mol. The highest BCUT2D eigenvalue weighted by Crippen LogP contribution is 2.48. The molecule has 4 rings (SSSR count). The van der Waals surface area contributed by atoms with E-state index in [9.17, 15) is 4.39 Å². The Kier molecular flexibility index (Phi) is 7.33. The molecule has 2 aromatic carbocycles. The maximum atomic E-state index is 14.2. The smallest absolute Gasteiger partial charge is 0.165 e. The minimum atomic E-state index is -0.265. The lowest BCUT2D eigenvalue weighted by atomic mass is 9.63. The molecule has 0 aliphatic heterocycles. The standard InChI is InChI=1S/C28H39FO/c1-3-4-5-6-7-8-20-9-10-22-16-23(12-11-21(22)15-20)24-13-14-25-19-28(30-2)27(29)18-26(25)17-24/h13-14,17-23H,3-12,15-16H2,1-2H3/t20?,21-,22?,23-/m1/s1. The minimum absolute atomic E-state index is 0.265. The van der Waals surface area contributed by atoms with Crippen molar-refractivity contribution in [3.63, 3.8) is 0 Å². The summed E-state index contributed by atoms with van der Waals surface area (Å²) >= 11 is 0. The van der Waals surface area contributed by atoms with Crippen molar-refractivity contribution in [2.45, 2.75) is 89.9 Å². The zero-order chi connectivity index (χ0) is 20.9. The van der Waals surface area contributed by atoms with Crippen molar-refractivity contribution in [3.8, 4) is 5.75 Å². The highest BCUT2D eigenvalue weighted by Gasteiger charge is 2.35. The first kappa shape index (κ1) is 21.7. The molecule has 2 heteroatoms. The third-order valence-electron chi connectivity index (χ3n) is 8.04. The molecule has 2 aliphatic carbocycles. The maximum absolute atomic E-state index is 14.2. The van der Waals surface area contributed by atoms with Gasteiger partial charge in [-0.25, -0.2) is 4.39 Å². The average molecular weight is 411 g/mol. The van der Waals surface area contributed by atoms with Gasteiger partial charge < -0.3 is 4.74 Å². The molecule has 0 aromatic heterocycles. The Bertz CT molecular complexity index is 829. The van der Waals surface area contributed by atoms with E-state index in [-0.39, 0.29) is 5.82 Å². The van der Waals surface area contributed by atoms with Crippen LogP contribution in [0.4, 0.5) is 4.39 Å². The Labute approximate surface area is 182 Å². The third kappa shape index (κ3) is 5.01. The van der Waals surface area contributed by atoms with Gasteiger partial charge in [0.1, 0.15) is 0 Å². The van der Waals surface area contributed by atoms with E-state index in [1.54, 1.807) is 6.07 Å². The van der Waals surface area contributed by atoms with Crippen molar-refractivity contribution >= 4 is 10.8 Å². The molecule has 30 heavy (non-hydrogen) atoms. The van der Waals surface area contributed by atoms with Gasteiger partial charge in [-0.2, -0.15) is 0 Å². The Balaban J connectivity index is 1.34. The van der Waals surface area contributed by atoms with Gasteiger partial charge >= 0.3 is 0 Å². The fourth-order valence-corrected chi connectivity index (χ4v) is 6.27. The lowest BCUT2D eigenvalue weighted by Crippen LogP contribution is -2.30. The summed E-state index contributed by atoms with van der Waals surface area (Å²) in [5, 5.41) is 2.06. The van der Waals surface area contributed by atoms with Crippen molar-refractivity contribution in [1.29, 1.82) is 0 Å². The van der Waals surface area contributed by atoms with E-state index in [0.29, 0.717) is 11.7 Å². The van der Waals surface area contributed by atoms with E-state index in [1.165, 1.54) is 89.7 Å². The number of methoxy groups -OCH3 is 1. The van der Waals surface area contributed by atoms with Crippen LogP contribution in [0.15, 0.2) is 30.3 Å². The number of ether oxygens (including phenoxy) is 1.